The fourth-order valence-electron chi connectivity index (χ4n) is 3.33. The predicted molar refractivity (Wildman–Crippen MR) is 91.7 cm³/mol. The smallest absolute Gasteiger partial charge is 0.239 e. The van der Waals surface area contributed by atoms with Crippen LogP contribution in [0.1, 0.15) is 31.8 Å². The number of fused-ring (bicyclic) bond motifs is 2. The van der Waals surface area contributed by atoms with Crippen LogP contribution in [0.25, 0.3) is 16.8 Å². The zero-order chi connectivity index (χ0) is 17.8. The number of aliphatic imine (C=N–C) groups is 1. The molecule has 3 aromatic rings. The van der Waals surface area contributed by atoms with Crippen molar-refractivity contribution in [3.05, 3.63) is 42.1 Å². The standard InChI is InChI=1S/C18H17F2N5/c1-10-18(3,8-16(19)20)17-14(22-10)5-4-13(23-17)12-6-7-25-15(12)9-21-11(2)24-25/h4-7,9,16H,8H2,1-3H3. The summed E-state index contributed by atoms with van der Waals surface area (Å²) >= 11 is 0. The fourth-order valence-corrected chi connectivity index (χ4v) is 3.33. The molecule has 7 heteroatoms. The van der Waals surface area contributed by atoms with Gasteiger partial charge in [-0.05, 0) is 39.0 Å². The van der Waals surface area contributed by atoms with Crippen LogP contribution < -0.4 is 0 Å². The number of nitrogens with zero attached hydrogens (tertiary/aromatic N) is 5. The monoisotopic (exact) mass is 341 g/mol. The van der Waals surface area contributed by atoms with E-state index in [0.717, 1.165) is 11.1 Å². The molecular weight excluding hydrogens is 324 g/mol. The number of hydrogen-bond donors (Lipinski definition) is 0. The highest BCUT2D eigenvalue weighted by atomic mass is 19.3. The molecule has 1 atom stereocenters. The van der Waals surface area contributed by atoms with E-state index in [0.29, 0.717) is 28.6 Å². The summed E-state index contributed by atoms with van der Waals surface area (Å²) in [6, 6.07) is 5.61. The molecule has 0 aliphatic carbocycles. The van der Waals surface area contributed by atoms with Crippen LogP contribution in [0.2, 0.25) is 0 Å². The largest absolute Gasteiger partial charge is 0.255 e. The summed E-state index contributed by atoms with van der Waals surface area (Å²) in [5.41, 5.74) is 3.50. The minimum absolute atomic E-state index is 0.287. The van der Waals surface area contributed by atoms with Gasteiger partial charge >= 0.3 is 0 Å². The van der Waals surface area contributed by atoms with Crippen molar-refractivity contribution in [3.63, 3.8) is 0 Å². The van der Waals surface area contributed by atoms with Crippen molar-refractivity contribution in [1.29, 1.82) is 0 Å². The Kier molecular flexibility index (Phi) is 3.42. The molecule has 128 valence electrons. The molecule has 0 fully saturated rings. The molecule has 0 saturated carbocycles. The first-order chi connectivity index (χ1) is 11.9. The van der Waals surface area contributed by atoms with Crippen molar-refractivity contribution in [2.75, 3.05) is 0 Å². The maximum Gasteiger partial charge on any atom is 0.239 e. The van der Waals surface area contributed by atoms with Crippen LogP contribution >= 0.6 is 0 Å². The molecular formula is C18H17F2N5. The van der Waals surface area contributed by atoms with Crippen molar-refractivity contribution in [2.24, 2.45) is 4.99 Å². The van der Waals surface area contributed by atoms with Gasteiger partial charge in [-0.1, -0.05) is 0 Å². The van der Waals surface area contributed by atoms with Crippen molar-refractivity contribution in [1.82, 2.24) is 19.6 Å². The number of pyridine rings is 1. The lowest BCUT2D eigenvalue weighted by molar-refractivity contribution is 0.121. The molecule has 0 bridgehead atoms. The summed E-state index contributed by atoms with van der Waals surface area (Å²) in [7, 11) is 0. The van der Waals surface area contributed by atoms with Crippen molar-refractivity contribution in [3.8, 4) is 11.3 Å². The summed E-state index contributed by atoms with van der Waals surface area (Å²) in [6.07, 6.45) is 0.879. The third kappa shape index (κ3) is 2.42. The maximum atomic E-state index is 13.1. The van der Waals surface area contributed by atoms with Crippen LogP contribution in [0, 0.1) is 6.92 Å². The van der Waals surface area contributed by atoms with E-state index in [2.05, 4.69) is 15.1 Å². The summed E-state index contributed by atoms with van der Waals surface area (Å²) in [6.45, 7) is 5.39. The first-order valence-electron chi connectivity index (χ1n) is 8.05. The zero-order valence-electron chi connectivity index (χ0n) is 14.2. The molecule has 1 aliphatic rings. The first kappa shape index (κ1) is 15.8. The molecule has 1 unspecified atom stereocenters. The van der Waals surface area contributed by atoms with Crippen LogP contribution in [-0.2, 0) is 5.41 Å². The molecule has 0 aromatic carbocycles. The number of aromatic nitrogens is 4. The highest BCUT2D eigenvalue weighted by Crippen LogP contribution is 2.43. The van der Waals surface area contributed by atoms with E-state index in [1.54, 1.807) is 24.6 Å². The molecule has 0 amide bonds. The third-order valence-corrected chi connectivity index (χ3v) is 4.85. The Morgan fingerprint density at radius 1 is 1.20 bits per heavy atom. The minimum Gasteiger partial charge on any atom is -0.255 e. The molecule has 0 radical (unpaired) electrons. The second-order valence-corrected chi connectivity index (χ2v) is 6.55. The van der Waals surface area contributed by atoms with Gasteiger partial charge in [-0.25, -0.2) is 23.3 Å². The van der Waals surface area contributed by atoms with E-state index in [9.17, 15) is 8.78 Å². The van der Waals surface area contributed by atoms with Gasteiger partial charge in [0.2, 0.25) is 6.43 Å². The Morgan fingerprint density at radius 3 is 2.76 bits per heavy atom. The van der Waals surface area contributed by atoms with Gasteiger partial charge in [0.25, 0.3) is 0 Å². The van der Waals surface area contributed by atoms with Gasteiger partial charge < -0.3 is 0 Å². The van der Waals surface area contributed by atoms with Crippen molar-refractivity contribution < 1.29 is 8.78 Å². The van der Waals surface area contributed by atoms with Crippen LogP contribution in [0.15, 0.2) is 35.6 Å². The third-order valence-electron chi connectivity index (χ3n) is 4.85. The Morgan fingerprint density at radius 2 is 2.00 bits per heavy atom. The van der Waals surface area contributed by atoms with Gasteiger partial charge in [0.15, 0.2) is 0 Å². The highest BCUT2D eigenvalue weighted by molar-refractivity contribution is 5.99. The SMILES string of the molecule is CC1=Nc2ccc(-c3ccn4nc(C)ncc34)nc2C1(C)CC(F)F. The number of halogens is 2. The molecule has 1 aliphatic heterocycles. The molecule has 0 saturated heterocycles. The molecule has 0 N–H and O–H groups in total. The molecule has 4 heterocycles. The summed E-state index contributed by atoms with van der Waals surface area (Å²) < 4.78 is 28.0. The van der Waals surface area contributed by atoms with Gasteiger partial charge in [0, 0.05) is 23.9 Å². The molecule has 0 spiro atoms. The lowest BCUT2D eigenvalue weighted by Crippen LogP contribution is -2.31. The van der Waals surface area contributed by atoms with E-state index in [1.165, 1.54) is 0 Å². The number of alkyl halides is 2. The van der Waals surface area contributed by atoms with E-state index in [1.807, 2.05) is 31.3 Å². The van der Waals surface area contributed by atoms with Crippen molar-refractivity contribution >= 4 is 16.9 Å². The van der Waals surface area contributed by atoms with Crippen LogP contribution in [0.3, 0.4) is 0 Å². The van der Waals surface area contributed by atoms with Crippen LogP contribution in [0.4, 0.5) is 14.5 Å². The second-order valence-electron chi connectivity index (χ2n) is 6.55. The Hall–Kier alpha value is -2.70. The second kappa shape index (κ2) is 5.40. The molecule has 3 aromatic heterocycles. The van der Waals surface area contributed by atoms with Crippen LogP contribution in [0.5, 0.6) is 0 Å². The van der Waals surface area contributed by atoms with Gasteiger partial charge in [-0.3, -0.25) is 4.99 Å². The fraction of sp³-hybridized carbons (Fsp3) is 0.333. The highest BCUT2D eigenvalue weighted by Gasteiger charge is 2.41. The van der Waals surface area contributed by atoms with Gasteiger partial charge in [0.1, 0.15) is 5.82 Å². The van der Waals surface area contributed by atoms with Gasteiger partial charge in [-0.2, -0.15) is 5.10 Å². The maximum absolute atomic E-state index is 13.1. The lowest BCUT2D eigenvalue weighted by Gasteiger charge is -2.24. The minimum atomic E-state index is -2.42. The first-order valence-corrected chi connectivity index (χ1v) is 8.05. The molecule has 4 rings (SSSR count). The van der Waals surface area contributed by atoms with Crippen LogP contribution in [-0.4, -0.2) is 31.7 Å². The average Bonchev–Trinajstić information content (AvgIpc) is 3.06. The summed E-state index contributed by atoms with van der Waals surface area (Å²) in [5.74, 6) is 0.671. The van der Waals surface area contributed by atoms with E-state index >= 15 is 0 Å². The zero-order valence-corrected chi connectivity index (χ0v) is 14.2. The normalized spacial score (nSPS) is 19.5. The Labute approximate surface area is 143 Å². The average molecular weight is 341 g/mol. The topological polar surface area (TPSA) is 55.4 Å². The Balaban J connectivity index is 1.85. The van der Waals surface area contributed by atoms with Gasteiger partial charge in [-0.15, -0.1) is 0 Å². The van der Waals surface area contributed by atoms with E-state index in [-0.39, 0.29) is 6.42 Å². The number of aryl methyl sites for hydroxylation is 1. The lowest BCUT2D eigenvalue weighted by atomic mass is 9.80. The summed E-state index contributed by atoms with van der Waals surface area (Å²) in [4.78, 5) is 13.4. The van der Waals surface area contributed by atoms with Crippen molar-refractivity contribution in [2.45, 2.75) is 39.0 Å². The molecule has 5 nitrogen and oxygen atoms in total. The molecule has 25 heavy (non-hydrogen) atoms. The Bertz CT molecular complexity index is 1010. The predicted octanol–water partition coefficient (Wildman–Crippen LogP) is 4.12. The number of hydrogen-bond acceptors (Lipinski definition) is 4. The van der Waals surface area contributed by atoms with E-state index in [4.69, 9.17) is 4.98 Å². The van der Waals surface area contributed by atoms with Gasteiger partial charge in [0.05, 0.1) is 34.2 Å². The van der Waals surface area contributed by atoms with E-state index < -0.39 is 11.8 Å². The quantitative estimate of drug-likeness (QED) is 0.720. The summed E-state index contributed by atoms with van der Waals surface area (Å²) in [5, 5.41) is 4.33. The number of rotatable bonds is 3.